The topological polar surface area (TPSA) is 49.8 Å². The highest BCUT2D eigenvalue weighted by Crippen LogP contribution is 2.23. The first-order valence-corrected chi connectivity index (χ1v) is 7.78. The highest BCUT2D eigenvalue weighted by molar-refractivity contribution is 6.31. The second-order valence-corrected chi connectivity index (χ2v) is 5.48. The SMILES string of the molecule is CCCCCNc1cc(Nc2ccc(F)c(Cl)c2)nc(C)n1. The van der Waals surface area contributed by atoms with E-state index in [1.165, 1.54) is 25.0 Å². The molecule has 2 N–H and O–H groups in total. The van der Waals surface area contributed by atoms with E-state index in [9.17, 15) is 4.39 Å². The van der Waals surface area contributed by atoms with Crippen molar-refractivity contribution in [3.8, 4) is 0 Å². The number of nitrogens with zero attached hydrogens (tertiary/aromatic N) is 2. The highest BCUT2D eigenvalue weighted by Gasteiger charge is 2.05. The van der Waals surface area contributed by atoms with Gasteiger partial charge in [-0.2, -0.15) is 0 Å². The molecule has 0 radical (unpaired) electrons. The lowest BCUT2D eigenvalue weighted by molar-refractivity contribution is 0.628. The molecule has 0 aliphatic rings. The van der Waals surface area contributed by atoms with Crippen LogP contribution in [0, 0.1) is 12.7 Å². The van der Waals surface area contributed by atoms with Crippen molar-refractivity contribution in [2.24, 2.45) is 0 Å². The Morgan fingerprint density at radius 1 is 1.14 bits per heavy atom. The Kier molecular flexibility index (Phi) is 5.95. The van der Waals surface area contributed by atoms with Crippen molar-refractivity contribution in [1.82, 2.24) is 9.97 Å². The van der Waals surface area contributed by atoms with E-state index in [0.717, 1.165) is 18.8 Å². The molecule has 0 bridgehead atoms. The standard InChI is InChI=1S/C16H20ClFN4/c1-3-4-5-8-19-15-10-16(21-11(2)20-15)22-12-6-7-14(18)13(17)9-12/h6-7,9-10H,3-5,8H2,1-2H3,(H2,19,20,21,22). The van der Waals surface area contributed by atoms with Crippen LogP contribution in [0.3, 0.4) is 0 Å². The number of benzene rings is 1. The molecule has 2 rings (SSSR count). The summed E-state index contributed by atoms with van der Waals surface area (Å²) in [6.45, 7) is 4.89. The molecule has 0 aliphatic carbocycles. The molecule has 0 spiro atoms. The summed E-state index contributed by atoms with van der Waals surface area (Å²) in [6.07, 6.45) is 3.48. The summed E-state index contributed by atoms with van der Waals surface area (Å²) in [5.41, 5.74) is 0.682. The van der Waals surface area contributed by atoms with E-state index < -0.39 is 5.82 Å². The van der Waals surface area contributed by atoms with Crippen LogP contribution in [0.5, 0.6) is 0 Å². The monoisotopic (exact) mass is 322 g/mol. The first-order valence-electron chi connectivity index (χ1n) is 7.40. The van der Waals surface area contributed by atoms with Crippen molar-refractivity contribution in [1.29, 1.82) is 0 Å². The maximum absolute atomic E-state index is 13.2. The zero-order valence-electron chi connectivity index (χ0n) is 12.8. The molecule has 0 aliphatic heterocycles. The molecule has 0 amide bonds. The Morgan fingerprint density at radius 2 is 1.91 bits per heavy atom. The van der Waals surface area contributed by atoms with Crippen molar-refractivity contribution in [2.75, 3.05) is 17.2 Å². The zero-order chi connectivity index (χ0) is 15.9. The summed E-state index contributed by atoms with van der Waals surface area (Å²) in [5, 5.41) is 6.48. The van der Waals surface area contributed by atoms with Gasteiger partial charge in [-0.15, -0.1) is 0 Å². The molecule has 0 unspecified atom stereocenters. The van der Waals surface area contributed by atoms with Crippen LogP contribution in [-0.2, 0) is 0 Å². The Balaban J connectivity index is 2.06. The Morgan fingerprint density at radius 3 is 2.64 bits per heavy atom. The second-order valence-electron chi connectivity index (χ2n) is 5.07. The summed E-state index contributed by atoms with van der Waals surface area (Å²) >= 11 is 5.78. The fourth-order valence-electron chi connectivity index (χ4n) is 2.04. The van der Waals surface area contributed by atoms with Gasteiger partial charge in [-0.1, -0.05) is 31.4 Å². The number of rotatable bonds is 7. The van der Waals surface area contributed by atoms with Gasteiger partial charge in [0.25, 0.3) is 0 Å². The average molecular weight is 323 g/mol. The Labute approximate surface area is 135 Å². The molecule has 0 fully saturated rings. The van der Waals surface area contributed by atoms with Gasteiger partial charge in [-0.3, -0.25) is 0 Å². The summed E-state index contributed by atoms with van der Waals surface area (Å²) < 4.78 is 13.2. The predicted octanol–water partition coefficient (Wildman–Crippen LogP) is 4.92. The third-order valence-corrected chi connectivity index (χ3v) is 3.41. The van der Waals surface area contributed by atoms with E-state index in [1.807, 2.05) is 13.0 Å². The number of aromatic nitrogens is 2. The number of hydrogen-bond donors (Lipinski definition) is 2. The number of hydrogen-bond acceptors (Lipinski definition) is 4. The molecule has 0 saturated heterocycles. The first kappa shape index (κ1) is 16.5. The molecule has 0 saturated carbocycles. The van der Waals surface area contributed by atoms with Gasteiger partial charge in [0.2, 0.25) is 0 Å². The molecule has 22 heavy (non-hydrogen) atoms. The largest absolute Gasteiger partial charge is 0.370 e. The van der Waals surface area contributed by atoms with E-state index in [1.54, 1.807) is 6.07 Å². The van der Waals surface area contributed by atoms with Crippen LogP contribution < -0.4 is 10.6 Å². The van der Waals surface area contributed by atoms with E-state index in [4.69, 9.17) is 11.6 Å². The molecular weight excluding hydrogens is 303 g/mol. The normalized spacial score (nSPS) is 10.5. The summed E-state index contributed by atoms with van der Waals surface area (Å²) in [4.78, 5) is 8.68. The van der Waals surface area contributed by atoms with Crippen molar-refractivity contribution in [2.45, 2.75) is 33.1 Å². The van der Waals surface area contributed by atoms with Crippen LogP contribution >= 0.6 is 11.6 Å². The lowest BCUT2D eigenvalue weighted by Gasteiger charge is -2.10. The zero-order valence-corrected chi connectivity index (χ0v) is 13.5. The lowest BCUT2D eigenvalue weighted by Crippen LogP contribution is -2.06. The van der Waals surface area contributed by atoms with Crippen LogP contribution in [0.1, 0.15) is 32.0 Å². The van der Waals surface area contributed by atoms with E-state index >= 15 is 0 Å². The molecule has 4 nitrogen and oxygen atoms in total. The van der Waals surface area contributed by atoms with Gasteiger partial charge in [0.05, 0.1) is 5.02 Å². The summed E-state index contributed by atoms with van der Waals surface area (Å²) in [6, 6.07) is 6.30. The third-order valence-electron chi connectivity index (χ3n) is 3.12. The van der Waals surface area contributed by atoms with Crippen LogP contribution in [0.2, 0.25) is 5.02 Å². The number of unbranched alkanes of at least 4 members (excludes halogenated alkanes) is 2. The molecule has 0 atom stereocenters. The lowest BCUT2D eigenvalue weighted by atomic mass is 10.2. The molecule has 1 aromatic carbocycles. The smallest absolute Gasteiger partial charge is 0.141 e. The quantitative estimate of drug-likeness (QED) is 0.710. The maximum atomic E-state index is 13.2. The van der Waals surface area contributed by atoms with Crippen LogP contribution in [0.25, 0.3) is 0 Å². The fraction of sp³-hybridized carbons (Fsp3) is 0.375. The van der Waals surface area contributed by atoms with Gasteiger partial charge in [0.15, 0.2) is 0 Å². The average Bonchev–Trinajstić information content (AvgIpc) is 2.47. The Bertz CT molecular complexity index is 634. The van der Waals surface area contributed by atoms with E-state index in [-0.39, 0.29) is 5.02 Å². The van der Waals surface area contributed by atoms with Gasteiger partial charge < -0.3 is 10.6 Å². The van der Waals surface area contributed by atoms with Crippen LogP contribution in [0.4, 0.5) is 21.7 Å². The predicted molar refractivity (Wildman–Crippen MR) is 89.5 cm³/mol. The van der Waals surface area contributed by atoms with Gasteiger partial charge in [-0.05, 0) is 31.5 Å². The Hall–Kier alpha value is -1.88. The van der Waals surface area contributed by atoms with E-state index in [0.29, 0.717) is 17.3 Å². The second kappa shape index (κ2) is 7.94. The number of aryl methyl sites for hydroxylation is 1. The fourth-order valence-corrected chi connectivity index (χ4v) is 2.22. The highest BCUT2D eigenvalue weighted by atomic mass is 35.5. The van der Waals surface area contributed by atoms with Gasteiger partial charge >= 0.3 is 0 Å². The van der Waals surface area contributed by atoms with Gasteiger partial charge in [0.1, 0.15) is 23.3 Å². The number of anilines is 3. The maximum Gasteiger partial charge on any atom is 0.141 e. The molecule has 1 aromatic heterocycles. The van der Waals surface area contributed by atoms with Crippen molar-refractivity contribution >= 4 is 28.9 Å². The van der Waals surface area contributed by atoms with E-state index in [2.05, 4.69) is 27.5 Å². The minimum absolute atomic E-state index is 0.0775. The molecule has 1 heterocycles. The summed E-state index contributed by atoms with van der Waals surface area (Å²) in [7, 11) is 0. The minimum Gasteiger partial charge on any atom is -0.370 e. The molecule has 118 valence electrons. The molecule has 2 aromatic rings. The van der Waals surface area contributed by atoms with Crippen LogP contribution in [0.15, 0.2) is 24.3 Å². The number of halogens is 2. The van der Waals surface area contributed by atoms with Crippen molar-refractivity contribution in [3.05, 3.63) is 40.9 Å². The third kappa shape index (κ3) is 4.84. The molecular formula is C16H20ClFN4. The minimum atomic E-state index is -0.440. The first-order chi connectivity index (χ1) is 10.6. The van der Waals surface area contributed by atoms with Crippen molar-refractivity contribution < 1.29 is 4.39 Å². The molecule has 6 heteroatoms. The van der Waals surface area contributed by atoms with Gasteiger partial charge in [0, 0.05) is 18.3 Å². The van der Waals surface area contributed by atoms with Gasteiger partial charge in [-0.25, -0.2) is 14.4 Å². The summed E-state index contributed by atoms with van der Waals surface area (Å²) in [5.74, 6) is 1.65. The van der Waals surface area contributed by atoms with Crippen LogP contribution in [-0.4, -0.2) is 16.5 Å². The van der Waals surface area contributed by atoms with Crippen molar-refractivity contribution in [3.63, 3.8) is 0 Å². The number of nitrogens with one attached hydrogen (secondary N) is 2.